The number of aromatic nitrogens is 1. The Morgan fingerprint density at radius 1 is 1.21 bits per heavy atom. The molecular weight excluding hydrogens is 306 g/mol. The first kappa shape index (κ1) is 13.5. The van der Waals surface area contributed by atoms with Crippen molar-refractivity contribution in [1.82, 2.24) is 4.98 Å². The Hall–Kier alpha value is -1.94. The molecule has 0 bridgehead atoms. The molecule has 1 aromatic carbocycles. The second-order valence-electron chi connectivity index (χ2n) is 3.84. The molecule has 0 aliphatic rings. The summed E-state index contributed by atoms with van der Waals surface area (Å²) in [5.41, 5.74) is 1.51. The van der Waals surface area contributed by atoms with Crippen molar-refractivity contribution in [3.8, 4) is 5.88 Å². The van der Waals surface area contributed by atoms with Gasteiger partial charge in [-0.25, -0.2) is 4.98 Å². The van der Waals surface area contributed by atoms with Crippen LogP contribution in [0, 0.1) is 0 Å². The minimum absolute atomic E-state index is 0.0851. The van der Waals surface area contributed by atoms with Crippen LogP contribution >= 0.6 is 15.9 Å². The summed E-state index contributed by atoms with van der Waals surface area (Å²) in [5.74, 6) is 0.409. The highest BCUT2D eigenvalue weighted by Crippen LogP contribution is 2.12. The van der Waals surface area contributed by atoms with Crippen LogP contribution in [0.25, 0.3) is 6.08 Å². The highest BCUT2D eigenvalue weighted by molar-refractivity contribution is 9.10. The van der Waals surface area contributed by atoms with Crippen LogP contribution in [0.1, 0.15) is 15.9 Å². The van der Waals surface area contributed by atoms with Gasteiger partial charge in [-0.2, -0.15) is 0 Å². The van der Waals surface area contributed by atoms with Crippen molar-refractivity contribution in [1.29, 1.82) is 0 Å². The van der Waals surface area contributed by atoms with Gasteiger partial charge >= 0.3 is 0 Å². The van der Waals surface area contributed by atoms with Crippen molar-refractivity contribution in [2.75, 3.05) is 7.11 Å². The van der Waals surface area contributed by atoms with E-state index in [0.717, 1.165) is 10.0 Å². The van der Waals surface area contributed by atoms with Crippen molar-refractivity contribution in [3.05, 3.63) is 64.3 Å². The van der Waals surface area contributed by atoms with Gasteiger partial charge in [-0.1, -0.05) is 34.1 Å². The Morgan fingerprint density at radius 3 is 2.53 bits per heavy atom. The van der Waals surface area contributed by atoms with Crippen molar-refractivity contribution in [2.24, 2.45) is 0 Å². The van der Waals surface area contributed by atoms with Crippen LogP contribution < -0.4 is 4.74 Å². The Bertz CT molecular complexity index is 589. The molecule has 0 fully saturated rings. The lowest BCUT2D eigenvalue weighted by Crippen LogP contribution is -1.96. The summed E-state index contributed by atoms with van der Waals surface area (Å²) in [5, 5.41) is 0. The molecule has 0 unspecified atom stereocenters. The number of carbonyl (C=O) groups is 1. The molecular formula is C15H12BrNO2. The third-order valence-electron chi connectivity index (χ3n) is 2.53. The number of nitrogens with zero attached hydrogens (tertiary/aromatic N) is 1. The van der Waals surface area contributed by atoms with Gasteiger partial charge in [-0.15, -0.1) is 0 Å². The van der Waals surface area contributed by atoms with Crippen LogP contribution in [0.4, 0.5) is 0 Å². The predicted molar refractivity (Wildman–Crippen MR) is 78.3 cm³/mol. The predicted octanol–water partition coefficient (Wildman–Crippen LogP) is 3.75. The zero-order valence-corrected chi connectivity index (χ0v) is 11.9. The molecule has 0 spiro atoms. The van der Waals surface area contributed by atoms with Gasteiger partial charge in [-0.3, -0.25) is 4.79 Å². The number of benzene rings is 1. The monoisotopic (exact) mass is 317 g/mol. The maximum absolute atomic E-state index is 11.9. The molecule has 0 radical (unpaired) electrons. The number of hydrogen-bond acceptors (Lipinski definition) is 3. The van der Waals surface area contributed by atoms with E-state index >= 15 is 0 Å². The molecule has 3 nitrogen and oxygen atoms in total. The first-order valence-corrected chi connectivity index (χ1v) is 6.46. The van der Waals surface area contributed by atoms with Gasteiger partial charge in [0.2, 0.25) is 5.88 Å². The molecule has 0 saturated heterocycles. The van der Waals surface area contributed by atoms with E-state index in [2.05, 4.69) is 20.9 Å². The Kier molecular flexibility index (Phi) is 4.47. The van der Waals surface area contributed by atoms with Crippen LogP contribution in [-0.2, 0) is 0 Å². The van der Waals surface area contributed by atoms with E-state index in [9.17, 15) is 4.79 Å². The number of hydrogen-bond donors (Lipinski definition) is 0. The number of halogens is 1. The minimum atomic E-state index is -0.0851. The summed E-state index contributed by atoms with van der Waals surface area (Å²) in [4.78, 5) is 15.9. The molecule has 0 N–H and O–H groups in total. The molecule has 1 aromatic heterocycles. The second-order valence-corrected chi connectivity index (χ2v) is 4.75. The zero-order chi connectivity index (χ0) is 13.7. The van der Waals surface area contributed by atoms with E-state index in [1.807, 2.05) is 24.3 Å². The van der Waals surface area contributed by atoms with E-state index in [0.29, 0.717) is 11.4 Å². The highest BCUT2D eigenvalue weighted by Gasteiger charge is 2.02. The first-order chi connectivity index (χ1) is 9.19. The number of rotatable bonds is 4. The summed E-state index contributed by atoms with van der Waals surface area (Å²) in [6.07, 6.45) is 4.82. The van der Waals surface area contributed by atoms with Crippen molar-refractivity contribution >= 4 is 27.8 Å². The Morgan fingerprint density at radius 2 is 1.95 bits per heavy atom. The van der Waals surface area contributed by atoms with Gasteiger partial charge in [0.05, 0.1) is 7.11 Å². The molecule has 2 aromatic rings. The Labute approximate surface area is 120 Å². The Balaban J connectivity index is 2.09. The molecule has 19 heavy (non-hydrogen) atoms. The molecule has 0 saturated carbocycles. The van der Waals surface area contributed by atoms with E-state index in [4.69, 9.17) is 4.74 Å². The third-order valence-corrected chi connectivity index (χ3v) is 3.06. The average Bonchev–Trinajstić information content (AvgIpc) is 2.46. The molecule has 0 aliphatic carbocycles. The molecule has 4 heteroatoms. The molecule has 0 amide bonds. The lowest BCUT2D eigenvalue weighted by atomic mass is 10.1. The molecule has 2 rings (SSSR count). The van der Waals surface area contributed by atoms with Crippen LogP contribution in [-0.4, -0.2) is 17.9 Å². The summed E-state index contributed by atoms with van der Waals surface area (Å²) in [7, 11) is 1.54. The van der Waals surface area contributed by atoms with E-state index in [1.165, 1.54) is 19.4 Å². The largest absolute Gasteiger partial charge is 0.481 e. The number of pyridine rings is 1. The average molecular weight is 318 g/mol. The minimum Gasteiger partial charge on any atom is -0.481 e. The quantitative estimate of drug-likeness (QED) is 0.637. The summed E-state index contributed by atoms with van der Waals surface area (Å²) in [6, 6.07) is 11.1. The summed E-state index contributed by atoms with van der Waals surface area (Å²) < 4.78 is 5.95. The van der Waals surface area contributed by atoms with Crippen LogP contribution in [0.2, 0.25) is 0 Å². The standard InChI is InChI=1S/C15H12BrNO2/c1-19-15-9-5-12(10-17-15)14(18)8-4-11-2-6-13(16)7-3-11/h2-10H,1H3. The number of allylic oxidation sites excluding steroid dienone is 1. The van der Waals surface area contributed by atoms with Gasteiger partial charge in [0.1, 0.15) is 0 Å². The maximum atomic E-state index is 11.9. The van der Waals surface area contributed by atoms with Gasteiger partial charge in [-0.05, 0) is 29.8 Å². The lowest BCUT2D eigenvalue weighted by molar-refractivity contribution is 0.104. The normalized spacial score (nSPS) is 10.6. The molecule has 96 valence electrons. The fourth-order valence-corrected chi connectivity index (χ4v) is 1.75. The number of carbonyl (C=O) groups excluding carboxylic acids is 1. The number of ketones is 1. The van der Waals surface area contributed by atoms with E-state index < -0.39 is 0 Å². The van der Waals surface area contributed by atoms with E-state index in [-0.39, 0.29) is 5.78 Å². The summed E-state index contributed by atoms with van der Waals surface area (Å²) >= 11 is 3.36. The van der Waals surface area contributed by atoms with Crippen LogP contribution in [0.15, 0.2) is 53.1 Å². The zero-order valence-electron chi connectivity index (χ0n) is 10.3. The van der Waals surface area contributed by atoms with Crippen molar-refractivity contribution in [2.45, 2.75) is 0 Å². The van der Waals surface area contributed by atoms with Gasteiger partial charge < -0.3 is 4.74 Å². The first-order valence-electron chi connectivity index (χ1n) is 5.67. The fraction of sp³-hybridized carbons (Fsp3) is 0.0667. The smallest absolute Gasteiger partial charge is 0.212 e. The van der Waals surface area contributed by atoms with Crippen molar-refractivity contribution < 1.29 is 9.53 Å². The van der Waals surface area contributed by atoms with Crippen LogP contribution in [0.5, 0.6) is 5.88 Å². The second kappa shape index (κ2) is 6.29. The number of ether oxygens (including phenoxy) is 1. The number of methoxy groups -OCH3 is 1. The SMILES string of the molecule is COc1ccc(C(=O)C=Cc2ccc(Br)cc2)cn1. The maximum Gasteiger partial charge on any atom is 0.212 e. The highest BCUT2D eigenvalue weighted by atomic mass is 79.9. The third kappa shape index (κ3) is 3.76. The van der Waals surface area contributed by atoms with Gasteiger partial charge in [0.15, 0.2) is 5.78 Å². The van der Waals surface area contributed by atoms with E-state index in [1.54, 1.807) is 18.2 Å². The van der Waals surface area contributed by atoms with Crippen molar-refractivity contribution in [3.63, 3.8) is 0 Å². The molecule has 0 aliphatic heterocycles. The van der Waals surface area contributed by atoms with Crippen LogP contribution in [0.3, 0.4) is 0 Å². The lowest BCUT2D eigenvalue weighted by Gasteiger charge is -1.99. The summed E-state index contributed by atoms with van der Waals surface area (Å²) in [6.45, 7) is 0. The fourth-order valence-electron chi connectivity index (χ4n) is 1.49. The molecule has 1 heterocycles. The molecule has 0 atom stereocenters. The van der Waals surface area contributed by atoms with Gasteiger partial charge in [0.25, 0.3) is 0 Å². The van der Waals surface area contributed by atoms with Gasteiger partial charge in [0, 0.05) is 22.3 Å². The topological polar surface area (TPSA) is 39.2 Å².